The summed E-state index contributed by atoms with van der Waals surface area (Å²) in [6, 6.07) is 12.0. The SMILES string of the molecule is Cn1nc(-c2ccccc2)cc1-c1cnc(NC(=O)C2=C(Cl)CCC=C2)s1. The van der Waals surface area contributed by atoms with Crippen LogP contribution in [-0.2, 0) is 11.8 Å². The van der Waals surface area contributed by atoms with Gasteiger partial charge in [0.15, 0.2) is 5.13 Å². The molecule has 2 heterocycles. The van der Waals surface area contributed by atoms with Crippen LogP contribution in [0.15, 0.2) is 65.4 Å². The van der Waals surface area contributed by atoms with Gasteiger partial charge < -0.3 is 0 Å². The molecule has 136 valence electrons. The van der Waals surface area contributed by atoms with Gasteiger partial charge in [-0.1, -0.05) is 65.4 Å². The van der Waals surface area contributed by atoms with Crippen molar-refractivity contribution in [3.63, 3.8) is 0 Å². The summed E-state index contributed by atoms with van der Waals surface area (Å²) in [5, 5.41) is 8.54. The van der Waals surface area contributed by atoms with Crippen molar-refractivity contribution >= 4 is 34.0 Å². The van der Waals surface area contributed by atoms with Crippen LogP contribution in [0.25, 0.3) is 21.8 Å². The van der Waals surface area contributed by atoms with Gasteiger partial charge in [-0.25, -0.2) is 4.98 Å². The first-order valence-electron chi connectivity index (χ1n) is 8.54. The number of hydrogen-bond donors (Lipinski definition) is 1. The number of allylic oxidation sites excluding steroid dienone is 2. The van der Waals surface area contributed by atoms with Crippen LogP contribution in [0, 0.1) is 0 Å². The molecule has 7 heteroatoms. The predicted molar refractivity (Wildman–Crippen MR) is 110 cm³/mol. The molecular weight excluding hydrogens is 380 g/mol. The van der Waals surface area contributed by atoms with E-state index in [1.165, 1.54) is 11.3 Å². The Kier molecular flexibility index (Phi) is 4.92. The first kappa shape index (κ1) is 17.7. The second-order valence-electron chi connectivity index (χ2n) is 6.15. The fourth-order valence-corrected chi connectivity index (χ4v) is 4.01. The summed E-state index contributed by atoms with van der Waals surface area (Å²) < 4.78 is 1.82. The van der Waals surface area contributed by atoms with Gasteiger partial charge in [0.25, 0.3) is 5.91 Å². The van der Waals surface area contributed by atoms with Crippen LogP contribution in [0.1, 0.15) is 12.8 Å². The van der Waals surface area contributed by atoms with E-state index >= 15 is 0 Å². The third kappa shape index (κ3) is 3.72. The molecule has 5 nitrogen and oxygen atoms in total. The predicted octanol–water partition coefficient (Wildman–Crippen LogP) is 4.99. The molecule has 1 amide bonds. The smallest absolute Gasteiger partial charge is 0.258 e. The average molecular weight is 397 g/mol. The maximum atomic E-state index is 12.4. The molecule has 0 saturated heterocycles. The normalized spacial score (nSPS) is 13.9. The highest BCUT2D eigenvalue weighted by Crippen LogP contribution is 2.32. The monoisotopic (exact) mass is 396 g/mol. The quantitative estimate of drug-likeness (QED) is 0.675. The molecule has 1 aliphatic carbocycles. The second kappa shape index (κ2) is 7.50. The fraction of sp³-hybridized carbons (Fsp3) is 0.150. The minimum atomic E-state index is -0.230. The fourth-order valence-electron chi connectivity index (χ4n) is 2.90. The van der Waals surface area contributed by atoms with E-state index in [9.17, 15) is 4.79 Å². The maximum Gasteiger partial charge on any atom is 0.258 e. The summed E-state index contributed by atoms with van der Waals surface area (Å²) in [7, 11) is 1.90. The number of carbonyl (C=O) groups is 1. The molecular formula is C20H17ClN4OS. The van der Waals surface area contributed by atoms with Gasteiger partial charge in [-0.2, -0.15) is 5.10 Å². The van der Waals surface area contributed by atoms with Crippen molar-refractivity contribution in [2.45, 2.75) is 12.8 Å². The van der Waals surface area contributed by atoms with Crippen LogP contribution < -0.4 is 5.32 Å². The van der Waals surface area contributed by atoms with E-state index in [4.69, 9.17) is 11.6 Å². The lowest BCUT2D eigenvalue weighted by atomic mass is 10.1. The molecule has 0 aliphatic heterocycles. The number of benzene rings is 1. The zero-order valence-electron chi connectivity index (χ0n) is 14.6. The number of amides is 1. The number of aromatic nitrogens is 3. The van der Waals surface area contributed by atoms with Crippen molar-refractivity contribution in [2.75, 3.05) is 5.32 Å². The van der Waals surface area contributed by atoms with E-state index in [1.54, 1.807) is 12.3 Å². The number of rotatable bonds is 4. The van der Waals surface area contributed by atoms with Crippen molar-refractivity contribution < 1.29 is 4.79 Å². The molecule has 4 rings (SSSR count). The number of halogens is 1. The zero-order chi connectivity index (χ0) is 18.8. The van der Waals surface area contributed by atoms with Crippen molar-refractivity contribution in [1.29, 1.82) is 0 Å². The van der Waals surface area contributed by atoms with Gasteiger partial charge in [0.05, 0.1) is 21.8 Å². The van der Waals surface area contributed by atoms with E-state index in [0.29, 0.717) is 22.2 Å². The van der Waals surface area contributed by atoms with Gasteiger partial charge >= 0.3 is 0 Å². The van der Waals surface area contributed by atoms with E-state index in [2.05, 4.69) is 15.4 Å². The first-order chi connectivity index (χ1) is 13.1. The van der Waals surface area contributed by atoms with Crippen LogP contribution in [-0.4, -0.2) is 20.7 Å². The summed E-state index contributed by atoms with van der Waals surface area (Å²) >= 11 is 7.57. The first-order valence-corrected chi connectivity index (χ1v) is 9.73. The van der Waals surface area contributed by atoms with Gasteiger partial charge in [-0.15, -0.1) is 0 Å². The number of hydrogen-bond acceptors (Lipinski definition) is 4. The van der Waals surface area contributed by atoms with Crippen molar-refractivity contribution in [1.82, 2.24) is 14.8 Å². The van der Waals surface area contributed by atoms with Crippen LogP contribution in [0.2, 0.25) is 0 Å². The van der Waals surface area contributed by atoms with Gasteiger partial charge in [-0.05, 0) is 18.9 Å². The highest BCUT2D eigenvalue weighted by molar-refractivity contribution is 7.19. The Morgan fingerprint density at radius 1 is 1.30 bits per heavy atom. The third-order valence-corrected chi connectivity index (χ3v) is 5.61. The number of anilines is 1. The van der Waals surface area contributed by atoms with Crippen LogP contribution in [0.3, 0.4) is 0 Å². The van der Waals surface area contributed by atoms with E-state index in [-0.39, 0.29) is 5.91 Å². The average Bonchev–Trinajstić information content (AvgIpc) is 3.29. The van der Waals surface area contributed by atoms with Gasteiger partial charge in [-0.3, -0.25) is 14.8 Å². The van der Waals surface area contributed by atoms with E-state index in [1.807, 2.05) is 54.2 Å². The summed E-state index contributed by atoms with van der Waals surface area (Å²) in [6.07, 6.45) is 7.03. The Balaban J connectivity index is 1.56. The summed E-state index contributed by atoms with van der Waals surface area (Å²) in [5.74, 6) is -0.230. The molecule has 1 aliphatic rings. The Bertz CT molecular complexity index is 1050. The zero-order valence-corrected chi connectivity index (χ0v) is 16.2. The molecule has 0 spiro atoms. The Morgan fingerprint density at radius 2 is 2.11 bits per heavy atom. The molecule has 0 unspecified atom stereocenters. The Morgan fingerprint density at radius 3 is 2.89 bits per heavy atom. The second-order valence-corrected chi connectivity index (χ2v) is 7.63. The molecule has 1 aromatic carbocycles. The standard InChI is InChI=1S/C20H17ClN4OS/c1-25-17(11-16(24-25)13-7-3-2-4-8-13)18-12-22-20(27-18)23-19(26)14-9-5-6-10-15(14)21/h2-5,7-9,11-12H,6,10H2,1H3,(H,22,23,26). The third-order valence-electron chi connectivity index (χ3n) is 4.28. The molecule has 2 aromatic heterocycles. The van der Waals surface area contributed by atoms with Crippen LogP contribution in [0.4, 0.5) is 5.13 Å². The topological polar surface area (TPSA) is 59.8 Å². The lowest BCUT2D eigenvalue weighted by Crippen LogP contribution is -2.15. The molecule has 0 atom stereocenters. The number of nitrogens with zero attached hydrogens (tertiary/aromatic N) is 3. The van der Waals surface area contributed by atoms with E-state index in [0.717, 1.165) is 28.2 Å². The molecule has 0 bridgehead atoms. The number of nitrogens with one attached hydrogen (secondary N) is 1. The molecule has 0 fully saturated rings. The Hall–Kier alpha value is -2.70. The minimum Gasteiger partial charge on any atom is -0.298 e. The van der Waals surface area contributed by atoms with Gasteiger partial charge in [0.2, 0.25) is 0 Å². The summed E-state index contributed by atoms with van der Waals surface area (Å²) in [6.45, 7) is 0. The molecule has 27 heavy (non-hydrogen) atoms. The van der Waals surface area contributed by atoms with Gasteiger partial charge in [0.1, 0.15) is 0 Å². The number of carbonyl (C=O) groups excluding carboxylic acids is 1. The lowest BCUT2D eigenvalue weighted by molar-refractivity contribution is -0.112. The largest absolute Gasteiger partial charge is 0.298 e. The molecule has 0 radical (unpaired) electrons. The molecule has 0 saturated carbocycles. The van der Waals surface area contributed by atoms with Crippen LogP contribution >= 0.6 is 22.9 Å². The highest BCUT2D eigenvalue weighted by Gasteiger charge is 2.17. The van der Waals surface area contributed by atoms with Crippen molar-refractivity contribution in [2.24, 2.45) is 7.05 Å². The highest BCUT2D eigenvalue weighted by atomic mass is 35.5. The van der Waals surface area contributed by atoms with Crippen LogP contribution in [0.5, 0.6) is 0 Å². The van der Waals surface area contributed by atoms with E-state index < -0.39 is 0 Å². The maximum absolute atomic E-state index is 12.4. The summed E-state index contributed by atoms with van der Waals surface area (Å²) in [4.78, 5) is 17.7. The molecule has 1 N–H and O–H groups in total. The lowest BCUT2D eigenvalue weighted by Gasteiger charge is -2.09. The minimum absolute atomic E-state index is 0.230. The molecule has 3 aromatic rings. The number of aryl methyl sites for hydroxylation is 1. The van der Waals surface area contributed by atoms with Crippen molar-refractivity contribution in [3.8, 4) is 21.8 Å². The Labute approximate surface area is 166 Å². The summed E-state index contributed by atoms with van der Waals surface area (Å²) in [5.41, 5.74) is 3.41. The van der Waals surface area contributed by atoms with Crippen molar-refractivity contribution in [3.05, 3.63) is 65.4 Å². The number of thiazole rings is 1. The van der Waals surface area contributed by atoms with Gasteiger partial charge in [0, 0.05) is 23.8 Å².